The molecule has 0 saturated heterocycles. The third kappa shape index (κ3) is 15.1. The van der Waals surface area contributed by atoms with Crippen LogP contribution in [0.25, 0.3) is 66.5 Å². The second kappa shape index (κ2) is 33.7. The second-order valence-corrected chi connectivity index (χ2v) is 25.6. The summed E-state index contributed by atoms with van der Waals surface area (Å²) in [6.07, 6.45) is 13.3. The van der Waals surface area contributed by atoms with Gasteiger partial charge in [-0.15, -0.1) is 59.1 Å². The van der Waals surface area contributed by atoms with Crippen molar-refractivity contribution in [2.45, 2.75) is 25.7 Å². The Morgan fingerprint density at radius 3 is 1.02 bits per heavy atom. The molecule has 10 aromatic carbocycles. The van der Waals surface area contributed by atoms with Crippen LogP contribution in [0, 0.1) is 63.1 Å². The number of furan rings is 2. The molecule has 0 atom stereocenters. The van der Waals surface area contributed by atoms with Crippen LogP contribution in [-0.4, -0.2) is 46.1 Å². The molecule has 0 aliphatic carbocycles. The van der Waals surface area contributed by atoms with Crippen LogP contribution >= 0.6 is 0 Å². The molecule has 0 amide bonds. The third-order valence-electron chi connectivity index (χ3n) is 19.0. The zero-order chi connectivity index (χ0) is 70.8. The van der Waals surface area contributed by atoms with Crippen molar-refractivity contribution in [1.29, 1.82) is 0 Å². The predicted molar refractivity (Wildman–Crippen MR) is 428 cm³/mol. The van der Waals surface area contributed by atoms with E-state index in [1.54, 1.807) is 24.8 Å². The summed E-state index contributed by atoms with van der Waals surface area (Å²) < 4.78 is 11.8. The minimum Gasteiger partial charge on any atom is -0.501 e. The minimum absolute atomic E-state index is 0. The van der Waals surface area contributed by atoms with Gasteiger partial charge in [-0.3, -0.25) is 9.97 Å². The Labute approximate surface area is 657 Å². The summed E-state index contributed by atoms with van der Waals surface area (Å²) in [5.41, 5.74) is 21.7. The van der Waals surface area contributed by atoms with Gasteiger partial charge in [0.15, 0.2) is 0 Å². The van der Waals surface area contributed by atoms with Gasteiger partial charge in [0, 0.05) is 122 Å². The molecule has 16 heteroatoms. The van der Waals surface area contributed by atoms with Crippen LogP contribution in [0.2, 0.25) is 0 Å². The topological polar surface area (TPSA) is 104 Å². The number of pyridine rings is 4. The maximum atomic E-state index is 5.93. The first kappa shape index (κ1) is 71.7. The van der Waals surface area contributed by atoms with E-state index in [0.717, 1.165) is 141 Å². The Bertz CT molecular complexity index is 5060. The Balaban J connectivity index is 0.000000118. The van der Waals surface area contributed by atoms with Crippen molar-refractivity contribution in [3.05, 3.63) is 367 Å². The number of hydrogen-bond acceptors (Lipinski definition) is 14. The van der Waals surface area contributed by atoms with E-state index >= 15 is 0 Å². The number of benzene rings is 10. The zero-order valence-electron chi connectivity index (χ0n) is 58.7. The van der Waals surface area contributed by atoms with Crippen molar-refractivity contribution in [1.82, 2.24) is 19.9 Å². The smallest absolute Gasteiger partial charge is 0.139 e. The molecule has 14 nitrogen and oxygen atoms in total. The molecule has 4 aliphatic heterocycles. The molecule has 0 unspecified atom stereocenters. The van der Waals surface area contributed by atoms with E-state index in [1.807, 2.05) is 134 Å². The number of anilines is 12. The van der Waals surface area contributed by atoms with E-state index in [9.17, 15) is 0 Å². The summed E-state index contributed by atoms with van der Waals surface area (Å²) in [7, 11) is 0. The number of para-hydroxylation sites is 12. The number of nitrogens with zero attached hydrogens (tertiary/aromatic N) is 12. The van der Waals surface area contributed by atoms with Crippen molar-refractivity contribution < 1.29 is 49.0 Å². The van der Waals surface area contributed by atoms with Crippen molar-refractivity contribution in [2.75, 3.05) is 65.4 Å². The molecule has 108 heavy (non-hydrogen) atoms. The summed E-state index contributed by atoms with van der Waals surface area (Å²) >= 11 is 0. The van der Waals surface area contributed by atoms with Gasteiger partial charge < -0.3 is 58.0 Å². The van der Waals surface area contributed by atoms with Gasteiger partial charge in [0.2, 0.25) is 0 Å². The Kier molecular flexibility index (Phi) is 22.4. The van der Waals surface area contributed by atoms with Crippen molar-refractivity contribution in [3.63, 3.8) is 0 Å². The van der Waals surface area contributed by atoms with E-state index in [0.29, 0.717) is 0 Å². The van der Waals surface area contributed by atoms with Crippen molar-refractivity contribution in [2.24, 2.45) is 0 Å². The quantitative estimate of drug-likeness (QED) is 0.0677. The number of rotatable bonds is 16. The first-order valence-electron chi connectivity index (χ1n) is 35.7. The number of aromatic nitrogens is 4. The molecule has 0 N–H and O–H groups in total. The van der Waals surface area contributed by atoms with Gasteiger partial charge in [0.1, 0.15) is 11.2 Å². The van der Waals surface area contributed by atoms with Gasteiger partial charge >= 0.3 is 0 Å². The normalized spacial score (nSPS) is 13.0. The van der Waals surface area contributed by atoms with E-state index in [1.165, 1.54) is 45.5 Å². The van der Waals surface area contributed by atoms with E-state index in [2.05, 4.69) is 268 Å². The van der Waals surface area contributed by atoms with Crippen LogP contribution in [0.5, 0.6) is 0 Å². The van der Waals surface area contributed by atoms with Gasteiger partial charge in [0.05, 0.1) is 16.7 Å². The molecule has 538 valence electrons. The molecule has 0 bridgehead atoms. The zero-order valence-corrected chi connectivity index (χ0v) is 63.5. The Hall–Kier alpha value is -11.9. The van der Waals surface area contributed by atoms with Gasteiger partial charge in [-0.2, -0.15) is 148 Å². The van der Waals surface area contributed by atoms with Gasteiger partial charge in [-0.25, -0.2) is 0 Å². The van der Waals surface area contributed by atoms with Crippen LogP contribution in [0.1, 0.15) is 25.7 Å². The van der Waals surface area contributed by atoms with E-state index in [4.69, 9.17) is 8.83 Å². The van der Waals surface area contributed by atoms with Crippen LogP contribution < -0.4 is 39.2 Å². The molecule has 16 aromatic rings. The summed E-state index contributed by atoms with van der Waals surface area (Å²) in [6.45, 7) is 12.7. The van der Waals surface area contributed by atoms with Gasteiger partial charge in [0.25, 0.3) is 0 Å². The largest absolute Gasteiger partial charge is 0.501 e. The number of fused-ring (bicyclic) bond motifs is 10. The summed E-state index contributed by atoms with van der Waals surface area (Å²) in [4.78, 5) is 35.6. The third-order valence-corrected chi connectivity index (χ3v) is 19.0. The fourth-order valence-corrected chi connectivity index (χ4v) is 14.0. The van der Waals surface area contributed by atoms with Crippen molar-refractivity contribution >= 4 is 112 Å². The molecule has 20 rings (SSSR count). The molecular weight excluding hydrogens is 1690 g/mol. The first-order valence-corrected chi connectivity index (χ1v) is 35.7. The number of hydrogen-bond donors (Lipinski definition) is 0. The average Bonchev–Trinajstić information content (AvgIpc) is 1.63. The maximum Gasteiger partial charge on any atom is 0.139 e. The molecule has 6 aromatic heterocycles. The van der Waals surface area contributed by atoms with Crippen molar-refractivity contribution in [3.8, 4) is 22.5 Å². The predicted octanol–water partition coefficient (Wildman–Crippen LogP) is 21.5. The van der Waals surface area contributed by atoms with Crippen LogP contribution in [0.4, 0.5) is 68.2 Å². The molecule has 0 fully saturated rings. The molecule has 10 heterocycles. The minimum atomic E-state index is 0. The fourth-order valence-electron chi connectivity index (χ4n) is 14.0. The van der Waals surface area contributed by atoms with Crippen LogP contribution in [-0.2, 0) is 40.2 Å². The van der Waals surface area contributed by atoms with E-state index in [-0.39, 0.29) is 40.2 Å². The SMILES string of the molecule is [Ir].[Ir].[c-]1ccc2c(oc3cccnc32)c1-c1ccccn1.[c-]1ccc2c(oc3ccncc32)c1-c1ccccn1.[c-]1ccccc1N1[CH-]N(CCCCN2[CH-]N(c3[c-]cccc3)c3ccccc32)c2ccccc21.[c-]1ccccc1N1[CH-]N(CCCCN2[CH-]N(c3[c-]cccc3)c3ccccc32)c2ccccc21. The van der Waals surface area contributed by atoms with Gasteiger partial charge in [-0.05, 0) is 147 Å². The number of unbranched alkanes of at least 4 members (excludes halogenated alkanes) is 2. The Morgan fingerprint density at radius 2 is 0.639 bits per heavy atom. The standard InChI is InChI=1S/2C30H26N4.2C16H9N2O.2Ir/c2*1-3-13-25(14-4-1)33-23-31(27-17-7-9-19-29(27)33)21-11-12-22-32-24-34(26-15-5-2-6-16-26)30-20-10-8-18-28(30)32;1-2-9-17-13(7-1)11-5-3-6-12-15-14(19-16(11)12)8-4-10-18-15;1-2-8-18-14(6-1)12-5-3-4-11-13-10-17-9-7-15(13)19-16(11)12;;/h2*1-10,13,15,17-20,23-24H,11-12,21-22H2;2*1-4,6-10H;;/q2*-4;2*-1;;. The maximum absolute atomic E-state index is 5.93. The van der Waals surface area contributed by atoms with Crippen LogP contribution in [0.3, 0.4) is 0 Å². The summed E-state index contributed by atoms with van der Waals surface area (Å²) in [5.74, 6) is 0. The summed E-state index contributed by atoms with van der Waals surface area (Å²) in [5, 5.41) is 3.06. The van der Waals surface area contributed by atoms with Crippen LogP contribution in [0.15, 0.2) is 313 Å². The van der Waals surface area contributed by atoms with Gasteiger partial charge in [-0.1, -0.05) is 89.3 Å². The Morgan fingerprint density at radius 1 is 0.287 bits per heavy atom. The molecule has 4 aliphatic rings. The molecule has 2 radical (unpaired) electrons. The first-order chi connectivity index (χ1) is 52.6. The molecule has 0 spiro atoms. The monoisotopic (exact) mass is 1760 g/mol. The second-order valence-electron chi connectivity index (χ2n) is 25.6. The average molecular weight is 1760 g/mol. The van der Waals surface area contributed by atoms with E-state index < -0.39 is 0 Å². The fraction of sp³-hybridized carbons (Fsp3) is 0.0870. The molecular formula is C92H70Ir2N12O2-10. The molecule has 0 saturated carbocycles. The summed E-state index contributed by atoms with van der Waals surface area (Å²) in [6, 6.07) is 112.